The summed E-state index contributed by atoms with van der Waals surface area (Å²) in [5.74, 6) is 0.454. The molecule has 0 saturated heterocycles. The number of thiocarbonyl (C=S) groups is 1. The minimum Gasteiger partial charge on any atom is -0.390 e. The first-order valence-electron chi connectivity index (χ1n) is 2.42. The standard InChI is InChI=1S/C5H8O2S2/c1-4(7)3-9-5(8)2-6/h6H,2-3H2,1H3. The fourth-order valence-corrected chi connectivity index (χ4v) is 0.860. The molecule has 0 aliphatic carbocycles. The van der Waals surface area contributed by atoms with Gasteiger partial charge in [0.05, 0.1) is 16.6 Å². The molecule has 0 radical (unpaired) electrons. The largest absolute Gasteiger partial charge is 0.390 e. The quantitative estimate of drug-likeness (QED) is 0.621. The van der Waals surface area contributed by atoms with Gasteiger partial charge in [-0.05, 0) is 6.92 Å². The molecule has 0 unspecified atom stereocenters. The smallest absolute Gasteiger partial charge is 0.140 e. The average Bonchev–Trinajstić information content (AvgIpc) is 1.83. The highest BCUT2D eigenvalue weighted by Gasteiger charge is 1.96. The minimum atomic E-state index is -0.118. The van der Waals surface area contributed by atoms with E-state index in [1.54, 1.807) is 0 Å². The summed E-state index contributed by atoms with van der Waals surface area (Å²) < 4.78 is 0.477. The Balaban J connectivity index is 3.28. The maximum Gasteiger partial charge on any atom is 0.140 e. The molecule has 0 fully saturated rings. The van der Waals surface area contributed by atoms with Gasteiger partial charge in [0.2, 0.25) is 0 Å². The zero-order chi connectivity index (χ0) is 7.28. The second-order valence-electron chi connectivity index (χ2n) is 1.52. The van der Waals surface area contributed by atoms with Crippen LogP contribution >= 0.6 is 24.0 Å². The van der Waals surface area contributed by atoms with Gasteiger partial charge in [0.25, 0.3) is 0 Å². The minimum absolute atomic E-state index is 0.0794. The lowest BCUT2D eigenvalue weighted by Crippen LogP contribution is -2.00. The summed E-state index contributed by atoms with van der Waals surface area (Å²) in [6.07, 6.45) is 0. The van der Waals surface area contributed by atoms with E-state index in [2.05, 4.69) is 12.2 Å². The Morgan fingerprint density at radius 1 is 1.78 bits per heavy atom. The van der Waals surface area contributed by atoms with Gasteiger partial charge in [-0.2, -0.15) is 0 Å². The van der Waals surface area contributed by atoms with E-state index >= 15 is 0 Å². The summed E-state index contributed by atoms with van der Waals surface area (Å²) in [7, 11) is 0. The van der Waals surface area contributed by atoms with Gasteiger partial charge in [0.15, 0.2) is 0 Å². The third kappa shape index (κ3) is 5.95. The van der Waals surface area contributed by atoms with E-state index < -0.39 is 0 Å². The van der Waals surface area contributed by atoms with E-state index in [9.17, 15) is 4.79 Å². The molecule has 1 N–H and O–H groups in total. The van der Waals surface area contributed by atoms with Crippen molar-refractivity contribution in [1.29, 1.82) is 0 Å². The number of ketones is 1. The van der Waals surface area contributed by atoms with Gasteiger partial charge in [-0.1, -0.05) is 12.2 Å². The predicted octanol–water partition coefficient (Wildman–Crippen LogP) is 0.628. The molecule has 2 nitrogen and oxygen atoms in total. The molecule has 4 heteroatoms. The first-order chi connectivity index (χ1) is 4.16. The van der Waals surface area contributed by atoms with Gasteiger partial charge in [-0.15, -0.1) is 11.8 Å². The van der Waals surface area contributed by atoms with Gasteiger partial charge in [0.1, 0.15) is 5.78 Å². The molecule has 0 spiro atoms. The number of rotatable bonds is 3. The van der Waals surface area contributed by atoms with Crippen molar-refractivity contribution >= 4 is 34.0 Å². The summed E-state index contributed by atoms with van der Waals surface area (Å²) in [6.45, 7) is 1.38. The Hall–Kier alpha value is 0.0700. The Kier molecular flexibility index (Phi) is 4.94. The Morgan fingerprint density at radius 3 is 2.67 bits per heavy atom. The Bertz CT molecular complexity index is 122. The maximum absolute atomic E-state index is 10.3. The first-order valence-corrected chi connectivity index (χ1v) is 3.82. The second-order valence-corrected chi connectivity index (χ2v) is 3.34. The lowest BCUT2D eigenvalue weighted by Gasteiger charge is -1.93. The van der Waals surface area contributed by atoms with Crippen LogP contribution in [0.3, 0.4) is 0 Å². The van der Waals surface area contributed by atoms with Crippen molar-refractivity contribution in [3.63, 3.8) is 0 Å². The molecule has 0 saturated carbocycles. The van der Waals surface area contributed by atoms with Crippen LogP contribution in [0.4, 0.5) is 0 Å². The van der Waals surface area contributed by atoms with Crippen LogP contribution in [0.25, 0.3) is 0 Å². The molecule has 0 bridgehead atoms. The van der Waals surface area contributed by atoms with Crippen molar-refractivity contribution in [3.8, 4) is 0 Å². The van der Waals surface area contributed by atoms with Crippen molar-refractivity contribution in [2.24, 2.45) is 0 Å². The van der Waals surface area contributed by atoms with E-state index in [1.165, 1.54) is 18.7 Å². The van der Waals surface area contributed by atoms with Crippen molar-refractivity contribution < 1.29 is 9.90 Å². The number of aliphatic hydroxyl groups excluding tert-OH is 1. The van der Waals surface area contributed by atoms with E-state index in [4.69, 9.17) is 5.11 Å². The van der Waals surface area contributed by atoms with Gasteiger partial charge >= 0.3 is 0 Å². The highest BCUT2D eigenvalue weighted by atomic mass is 32.2. The zero-order valence-electron chi connectivity index (χ0n) is 5.09. The molecule has 0 aliphatic heterocycles. The molecule has 0 aromatic rings. The van der Waals surface area contributed by atoms with Crippen molar-refractivity contribution in [2.45, 2.75) is 6.92 Å². The third-order valence-electron chi connectivity index (χ3n) is 0.566. The predicted molar refractivity (Wildman–Crippen MR) is 42.8 cm³/mol. The number of thioether (sulfide) groups is 1. The van der Waals surface area contributed by atoms with Crippen LogP contribution < -0.4 is 0 Å². The fraction of sp³-hybridized carbons (Fsp3) is 0.600. The van der Waals surface area contributed by atoms with E-state index in [0.717, 1.165) is 0 Å². The lowest BCUT2D eigenvalue weighted by atomic mass is 10.5. The molecule has 9 heavy (non-hydrogen) atoms. The van der Waals surface area contributed by atoms with Gasteiger partial charge in [-0.3, -0.25) is 4.79 Å². The summed E-state index contributed by atoms with van der Waals surface area (Å²) in [4.78, 5) is 10.3. The number of aliphatic hydroxyl groups is 1. The zero-order valence-corrected chi connectivity index (χ0v) is 6.72. The van der Waals surface area contributed by atoms with Crippen LogP contribution in [0.5, 0.6) is 0 Å². The molecule has 0 atom stereocenters. The summed E-state index contributed by atoms with van der Waals surface area (Å²) in [5, 5.41) is 8.37. The van der Waals surface area contributed by atoms with Crippen molar-refractivity contribution in [3.05, 3.63) is 0 Å². The molecule has 0 aliphatic rings. The summed E-state index contributed by atoms with van der Waals surface area (Å²) >= 11 is 5.85. The van der Waals surface area contributed by atoms with Crippen LogP contribution in [0.15, 0.2) is 0 Å². The summed E-state index contributed by atoms with van der Waals surface area (Å²) in [5.41, 5.74) is 0. The van der Waals surface area contributed by atoms with Gasteiger partial charge in [-0.25, -0.2) is 0 Å². The van der Waals surface area contributed by atoms with Crippen LogP contribution in [-0.4, -0.2) is 27.4 Å². The van der Waals surface area contributed by atoms with E-state index in [-0.39, 0.29) is 12.4 Å². The van der Waals surface area contributed by atoms with Crippen molar-refractivity contribution in [1.82, 2.24) is 0 Å². The molecular formula is C5H8O2S2. The number of hydrogen-bond donors (Lipinski definition) is 1. The maximum atomic E-state index is 10.3. The Morgan fingerprint density at radius 2 is 2.33 bits per heavy atom. The SMILES string of the molecule is CC(=O)CSC(=S)CO. The molecular weight excluding hydrogens is 156 g/mol. The number of carbonyl (C=O) groups excluding carboxylic acids is 1. The number of Topliss-reactive ketones (excluding diaryl/α,β-unsaturated/α-hetero) is 1. The highest BCUT2D eigenvalue weighted by Crippen LogP contribution is 2.02. The Labute approximate surface area is 63.6 Å². The molecule has 52 valence electrons. The third-order valence-corrected chi connectivity index (χ3v) is 2.05. The van der Waals surface area contributed by atoms with Crippen LogP contribution in [0.1, 0.15) is 6.92 Å². The first kappa shape index (κ1) is 9.07. The van der Waals surface area contributed by atoms with Crippen LogP contribution in [0.2, 0.25) is 0 Å². The molecule has 0 aromatic carbocycles. The topological polar surface area (TPSA) is 37.3 Å². The number of hydrogen-bond acceptors (Lipinski definition) is 4. The molecule has 0 rings (SSSR count). The second kappa shape index (κ2) is 4.90. The summed E-state index contributed by atoms with van der Waals surface area (Å²) in [6, 6.07) is 0. The monoisotopic (exact) mass is 164 g/mol. The fourth-order valence-electron chi connectivity index (χ4n) is 0.228. The van der Waals surface area contributed by atoms with Crippen LogP contribution in [0, 0.1) is 0 Å². The molecule has 0 aromatic heterocycles. The molecule has 0 heterocycles. The van der Waals surface area contributed by atoms with Crippen LogP contribution in [-0.2, 0) is 4.79 Å². The van der Waals surface area contributed by atoms with E-state index in [0.29, 0.717) is 9.95 Å². The van der Waals surface area contributed by atoms with Gasteiger partial charge < -0.3 is 5.11 Å². The normalized spacial score (nSPS) is 9.11. The van der Waals surface area contributed by atoms with Gasteiger partial charge in [0, 0.05) is 0 Å². The highest BCUT2D eigenvalue weighted by molar-refractivity contribution is 8.23. The van der Waals surface area contributed by atoms with Crippen molar-refractivity contribution in [2.75, 3.05) is 12.4 Å². The number of carbonyl (C=O) groups is 1. The van der Waals surface area contributed by atoms with E-state index in [1.807, 2.05) is 0 Å². The lowest BCUT2D eigenvalue weighted by molar-refractivity contribution is -0.114. The average molecular weight is 164 g/mol. The molecule has 0 amide bonds.